The Balaban J connectivity index is 2.20. The Morgan fingerprint density at radius 3 is 2.15 bits per heavy atom. The van der Waals surface area contributed by atoms with Gasteiger partial charge in [0.2, 0.25) is 5.91 Å². The predicted octanol–water partition coefficient (Wildman–Crippen LogP) is 6.39. The Morgan fingerprint density at radius 1 is 0.912 bits per heavy atom. The average Bonchev–Trinajstić information content (AvgIpc) is 2.77. The molecule has 2 aromatic carbocycles. The van der Waals surface area contributed by atoms with Gasteiger partial charge in [-0.2, -0.15) is 0 Å². The normalized spacial score (nSPS) is 11.0. The number of rotatable bonds is 4. The molecule has 2 aromatic heterocycles. The van der Waals surface area contributed by atoms with E-state index < -0.39 is 17.2 Å². The monoisotopic (exact) mass is 513 g/mol. The van der Waals surface area contributed by atoms with Gasteiger partial charge in [-0.1, -0.05) is 53.0 Å². The van der Waals surface area contributed by atoms with Gasteiger partial charge in [0.05, 0.1) is 11.4 Å². The van der Waals surface area contributed by atoms with Gasteiger partial charge in [-0.25, -0.2) is 4.98 Å². The van der Waals surface area contributed by atoms with E-state index in [9.17, 15) is 14.4 Å². The zero-order valence-corrected chi connectivity index (χ0v) is 20.6. The summed E-state index contributed by atoms with van der Waals surface area (Å²) in [6.45, 7) is 2.58. The van der Waals surface area contributed by atoms with Crippen molar-refractivity contribution in [2.75, 3.05) is 5.32 Å². The van der Waals surface area contributed by atoms with E-state index in [4.69, 9.17) is 39.8 Å². The Morgan fingerprint density at radius 2 is 1.56 bits per heavy atom. The maximum absolute atomic E-state index is 13.1. The minimum absolute atomic E-state index is 0.111. The molecule has 0 saturated carbocycles. The molecule has 0 atom stereocenters. The summed E-state index contributed by atoms with van der Waals surface area (Å²) in [5.41, 5.74) is 2.24. The van der Waals surface area contributed by atoms with Crippen LogP contribution in [0.4, 0.5) is 5.69 Å². The summed E-state index contributed by atoms with van der Waals surface area (Å²) in [6, 6.07) is 13.9. The number of nitrogens with one attached hydrogen (secondary N) is 1. The van der Waals surface area contributed by atoms with Crippen molar-refractivity contribution in [1.82, 2.24) is 9.55 Å². The van der Waals surface area contributed by atoms with Gasteiger partial charge in [-0.15, -0.1) is 0 Å². The average molecular weight is 515 g/mol. The van der Waals surface area contributed by atoms with Gasteiger partial charge in [0.15, 0.2) is 5.78 Å². The Labute approximate surface area is 210 Å². The lowest BCUT2D eigenvalue weighted by molar-refractivity contribution is -0.114. The molecule has 34 heavy (non-hydrogen) atoms. The second-order valence-electron chi connectivity index (χ2n) is 7.74. The van der Waals surface area contributed by atoms with E-state index in [1.54, 1.807) is 48.5 Å². The molecule has 2 heterocycles. The Bertz CT molecular complexity index is 1540. The van der Waals surface area contributed by atoms with Crippen molar-refractivity contribution in [3.8, 4) is 22.4 Å². The van der Waals surface area contributed by atoms with E-state index in [2.05, 4.69) is 5.32 Å². The first-order chi connectivity index (χ1) is 16.1. The number of Topliss-reactive ketones (excluding diaryl/α,β-unsaturated/α-hetero) is 1. The maximum atomic E-state index is 13.1. The highest BCUT2D eigenvalue weighted by atomic mass is 35.5. The minimum atomic E-state index is -0.560. The number of hydrogen-bond donors (Lipinski definition) is 1. The molecule has 0 aliphatic rings. The molecular formula is C25H18Cl3N3O3. The third-order valence-corrected chi connectivity index (χ3v) is 6.15. The van der Waals surface area contributed by atoms with Crippen LogP contribution in [0.1, 0.15) is 24.2 Å². The fourth-order valence-electron chi connectivity index (χ4n) is 3.82. The molecule has 0 spiro atoms. The Kier molecular flexibility index (Phi) is 6.49. The van der Waals surface area contributed by atoms with Gasteiger partial charge < -0.3 is 5.32 Å². The van der Waals surface area contributed by atoms with Crippen molar-refractivity contribution in [1.29, 1.82) is 0 Å². The number of benzene rings is 2. The zero-order valence-electron chi connectivity index (χ0n) is 18.4. The molecule has 1 amide bonds. The van der Waals surface area contributed by atoms with Crippen LogP contribution < -0.4 is 10.9 Å². The van der Waals surface area contributed by atoms with Crippen molar-refractivity contribution < 1.29 is 9.59 Å². The van der Waals surface area contributed by atoms with Crippen LogP contribution in [0, 0.1) is 0 Å². The third-order valence-electron chi connectivity index (χ3n) is 5.35. The number of aryl methyl sites for hydroxylation is 1. The summed E-state index contributed by atoms with van der Waals surface area (Å²) in [5.74, 6) is -0.899. The summed E-state index contributed by atoms with van der Waals surface area (Å²) >= 11 is 18.7. The molecule has 0 radical (unpaired) electrons. The molecule has 0 fully saturated rings. The third kappa shape index (κ3) is 4.32. The molecule has 1 N–H and O–H groups in total. The molecule has 4 rings (SSSR count). The first-order valence-electron chi connectivity index (χ1n) is 10.2. The quantitative estimate of drug-likeness (QED) is 0.320. The second kappa shape index (κ2) is 9.22. The highest BCUT2D eigenvalue weighted by Gasteiger charge is 2.23. The fourth-order valence-corrected chi connectivity index (χ4v) is 4.46. The molecule has 6 nitrogen and oxygen atoms in total. The summed E-state index contributed by atoms with van der Waals surface area (Å²) < 4.78 is 1.30. The van der Waals surface area contributed by atoms with Gasteiger partial charge in [0, 0.05) is 51.1 Å². The van der Waals surface area contributed by atoms with E-state index in [-0.39, 0.29) is 16.9 Å². The van der Waals surface area contributed by atoms with Crippen LogP contribution in [0.15, 0.2) is 53.3 Å². The van der Waals surface area contributed by atoms with Crippen molar-refractivity contribution >= 4 is 63.2 Å². The van der Waals surface area contributed by atoms with E-state index in [0.717, 1.165) is 5.56 Å². The smallest absolute Gasteiger partial charge is 0.264 e. The van der Waals surface area contributed by atoms with E-state index in [1.165, 1.54) is 25.5 Å². The number of carbonyl (C=O) groups is 2. The highest BCUT2D eigenvalue weighted by molar-refractivity contribution is 6.36. The van der Waals surface area contributed by atoms with E-state index >= 15 is 0 Å². The summed E-state index contributed by atoms with van der Waals surface area (Å²) in [7, 11) is 1.53. The number of aromatic nitrogens is 2. The first-order valence-corrected chi connectivity index (χ1v) is 11.3. The van der Waals surface area contributed by atoms with Crippen molar-refractivity contribution in [3.63, 3.8) is 0 Å². The molecule has 0 saturated heterocycles. The van der Waals surface area contributed by atoms with Crippen LogP contribution in [0.25, 0.3) is 33.4 Å². The fraction of sp³-hybridized carbons (Fsp3) is 0.120. The molecule has 172 valence electrons. The summed E-state index contributed by atoms with van der Waals surface area (Å²) in [6.07, 6.45) is 0. The number of halogens is 3. The van der Waals surface area contributed by atoms with Crippen molar-refractivity contribution in [2.24, 2.45) is 7.05 Å². The van der Waals surface area contributed by atoms with Crippen LogP contribution in [0.5, 0.6) is 0 Å². The Hall–Kier alpha value is -3.19. The largest absolute Gasteiger partial charge is 0.325 e. The highest BCUT2D eigenvalue weighted by Crippen LogP contribution is 2.39. The molecule has 0 aliphatic carbocycles. The standard InChI is InChI=1S/C25H18Cl3N3O3/c1-12(32)21-23(29-13(2)33)19-11-18(17-9-8-16(27)10-20(17)28)22(14-4-6-15(26)7-5-14)30-24(19)31(3)25(21)34/h4-11H,1-3H3,(H,29,33). The second-order valence-corrected chi connectivity index (χ2v) is 9.02. The molecule has 0 unspecified atom stereocenters. The zero-order chi connectivity index (χ0) is 24.7. The number of anilines is 1. The van der Waals surface area contributed by atoms with Gasteiger partial charge >= 0.3 is 0 Å². The van der Waals surface area contributed by atoms with Gasteiger partial charge in [0.1, 0.15) is 11.2 Å². The molecule has 0 bridgehead atoms. The minimum Gasteiger partial charge on any atom is -0.325 e. The van der Waals surface area contributed by atoms with Crippen molar-refractivity contribution in [2.45, 2.75) is 13.8 Å². The summed E-state index contributed by atoms with van der Waals surface area (Å²) in [5, 5.41) is 4.48. The maximum Gasteiger partial charge on any atom is 0.264 e. The number of pyridine rings is 2. The van der Waals surface area contributed by atoms with Gasteiger partial charge in [0.25, 0.3) is 5.56 Å². The van der Waals surface area contributed by atoms with Crippen LogP contribution >= 0.6 is 34.8 Å². The van der Waals surface area contributed by atoms with E-state index in [0.29, 0.717) is 37.3 Å². The molecular weight excluding hydrogens is 497 g/mol. The van der Waals surface area contributed by atoms with Crippen LogP contribution in [-0.4, -0.2) is 21.2 Å². The molecule has 9 heteroatoms. The number of fused-ring (bicyclic) bond motifs is 1. The number of nitrogens with zero attached hydrogens (tertiary/aromatic N) is 2. The van der Waals surface area contributed by atoms with E-state index in [1.807, 2.05) is 0 Å². The van der Waals surface area contributed by atoms with Crippen LogP contribution in [-0.2, 0) is 11.8 Å². The number of ketones is 1. The van der Waals surface area contributed by atoms with Gasteiger partial charge in [-0.05, 0) is 37.3 Å². The van der Waals surface area contributed by atoms with Crippen LogP contribution in [0.3, 0.4) is 0 Å². The summed E-state index contributed by atoms with van der Waals surface area (Å²) in [4.78, 5) is 42.3. The molecule has 4 aromatic rings. The van der Waals surface area contributed by atoms with Gasteiger partial charge in [-0.3, -0.25) is 19.0 Å². The lowest BCUT2D eigenvalue weighted by Crippen LogP contribution is -2.27. The number of amides is 1. The molecule has 0 aliphatic heterocycles. The number of carbonyl (C=O) groups excluding carboxylic acids is 2. The predicted molar refractivity (Wildman–Crippen MR) is 137 cm³/mol. The SMILES string of the molecule is CC(=O)Nc1c(C(C)=O)c(=O)n(C)c2nc(-c3ccc(Cl)cc3)c(-c3ccc(Cl)cc3Cl)cc12. The lowest BCUT2D eigenvalue weighted by Gasteiger charge is -2.18. The van der Waals surface area contributed by atoms with Crippen LogP contribution in [0.2, 0.25) is 15.1 Å². The topological polar surface area (TPSA) is 81.1 Å². The lowest BCUT2D eigenvalue weighted by atomic mass is 9.96. The number of hydrogen-bond acceptors (Lipinski definition) is 4. The van der Waals surface area contributed by atoms with Crippen molar-refractivity contribution in [3.05, 3.63) is 79.5 Å². The first kappa shape index (κ1) is 24.0.